The molecule has 1 saturated heterocycles. The van der Waals surface area contributed by atoms with Crippen LogP contribution in [-0.4, -0.2) is 49.2 Å². The number of amides is 1. The first-order valence-electron chi connectivity index (χ1n) is 8.85. The largest absolute Gasteiger partial charge is 0.371 e. The summed E-state index contributed by atoms with van der Waals surface area (Å²) in [6, 6.07) is 1.17. The number of nitrogens with one attached hydrogen (secondary N) is 1. The summed E-state index contributed by atoms with van der Waals surface area (Å²) in [6.07, 6.45) is 11.3. The molecular formula is C17H30N2O2. The summed E-state index contributed by atoms with van der Waals surface area (Å²) in [4.78, 5) is 14.9. The summed E-state index contributed by atoms with van der Waals surface area (Å²) in [5, 5.41) is 3.22. The van der Waals surface area contributed by atoms with Gasteiger partial charge >= 0.3 is 0 Å². The van der Waals surface area contributed by atoms with Crippen LogP contribution in [0.15, 0.2) is 0 Å². The molecule has 0 radical (unpaired) electrons. The van der Waals surface area contributed by atoms with Crippen LogP contribution in [0, 0.1) is 5.92 Å². The first kappa shape index (κ1) is 15.3. The van der Waals surface area contributed by atoms with E-state index in [-0.39, 0.29) is 12.0 Å². The molecule has 1 unspecified atom stereocenters. The molecule has 1 amide bonds. The number of hydrogen-bond acceptors (Lipinski definition) is 3. The van der Waals surface area contributed by atoms with Crippen LogP contribution >= 0.6 is 0 Å². The molecular weight excluding hydrogens is 264 g/mol. The normalized spacial score (nSPS) is 27.5. The smallest absolute Gasteiger partial charge is 0.249 e. The quantitative estimate of drug-likeness (QED) is 0.846. The highest BCUT2D eigenvalue weighted by Gasteiger charge is 2.37. The van der Waals surface area contributed by atoms with Crippen LogP contribution in [0.1, 0.15) is 57.8 Å². The highest BCUT2D eigenvalue weighted by atomic mass is 16.5. The van der Waals surface area contributed by atoms with Gasteiger partial charge in [-0.2, -0.15) is 0 Å². The van der Waals surface area contributed by atoms with Crippen molar-refractivity contribution in [1.82, 2.24) is 10.2 Å². The van der Waals surface area contributed by atoms with Crippen molar-refractivity contribution in [2.24, 2.45) is 5.92 Å². The highest BCUT2D eigenvalue weighted by molar-refractivity contribution is 5.81. The van der Waals surface area contributed by atoms with Crippen LogP contribution in [0.3, 0.4) is 0 Å². The minimum atomic E-state index is -0.207. The molecule has 1 N–H and O–H groups in total. The van der Waals surface area contributed by atoms with Crippen molar-refractivity contribution in [3.05, 3.63) is 0 Å². The zero-order valence-electron chi connectivity index (χ0n) is 13.4. The van der Waals surface area contributed by atoms with Gasteiger partial charge in [-0.1, -0.05) is 19.3 Å². The van der Waals surface area contributed by atoms with E-state index < -0.39 is 0 Å². The van der Waals surface area contributed by atoms with Crippen LogP contribution < -0.4 is 5.32 Å². The van der Waals surface area contributed by atoms with Gasteiger partial charge in [-0.3, -0.25) is 4.79 Å². The second kappa shape index (κ2) is 7.10. The van der Waals surface area contributed by atoms with E-state index in [9.17, 15) is 4.79 Å². The third kappa shape index (κ3) is 3.98. The van der Waals surface area contributed by atoms with Crippen LogP contribution in [0.5, 0.6) is 0 Å². The maximum absolute atomic E-state index is 12.3. The van der Waals surface area contributed by atoms with Gasteiger partial charge in [-0.15, -0.1) is 0 Å². The second-order valence-electron chi connectivity index (χ2n) is 7.10. The monoisotopic (exact) mass is 294 g/mol. The van der Waals surface area contributed by atoms with E-state index in [4.69, 9.17) is 4.74 Å². The minimum absolute atomic E-state index is 0.121. The maximum Gasteiger partial charge on any atom is 0.249 e. The Hall–Kier alpha value is -0.610. The predicted octanol–water partition coefficient (Wildman–Crippen LogP) is 2.32. The Morgan fingerprint density at radius 3 is 2.29 bits per heavy atom. The van der Waals surface area contributed by atoms with Gasteiger partial charge in [-0.25, -0.2) is 0 Å². The zero-order chi connectivity index (χ0) is 14.7. The fraction of sp³-hybridized carbons (Fsp3) is 0.941. The summed E-state index contributed by atoms with van der Waals surface area (Å²) in [7, 11) is 1.66. The third-order valence-corrected chi connectivity index (χ3v) is 5.53. The summed E-state index contributed by atoms with van der Waals surface area (Å²) in [5.41, 5.74) is 0. The molecule has 1 aliphatic heterocycles. The lowest BCUT2D eigenvalue weighted by Gasteiger charge is -2.39. The fourth-order valence-electron chi connectivity index (χ4n) is 4.05. The van der Waals surface area contributed by atoms with Crippen molar-refractivity contribution in [2.75, 3.05) is 20.2 Å². The first-order chi connectivity index (χ1) is 10.3. The van der Waals surface area contributed by atoms with Crippen molar-refractivity contribution >= 4 is 5.91 Å². The van der Waals surface area contributed by atoms with Crippen molar-refractivity contribution < 1.29 is 9.53 Å². The molecule has 0 spiro atoms. The molecule has 120 valence electrons. The van der Waals surface area contributed by atoms with E-state index in [1.165, 1.54) is 32.1 Å². The van der Waals surface area contributed by atoms with Crippen molar-refractivity contribution in [3.63, 3.8) is 0 Å². The molecule has 0 bridgehead atoms. The number of ether oxygens (including phenoxy) is 1. The first-order valence-corrected chi connectivity index (χ1v) is 8.85. The maximum atomic E-state index is 12.3. The van der Waals surface area contributed by atoms with Gasteiger partial charge in [0.25, 0.3) is 0 Å². The van der Waals surface area contributed by atoms with Gasteiger partial charge in [0.1, 0.15) is 6.10 Å². The Labute approximate surface area is 128 Å². The van der Waals surface area contributed by atoms with E-state index >= 15 is 0 Å². The van der Waals surface area contributed by atoms with Crippen molar-refractivity contribution in [3.8, 4) is 0 Å². The molecule has 4 heteroatoms. The minimum Gasteiger partial charge on any atom is -0.371 e. The van der Waals surface area contributed by atoms with Gasteiger partial charge in [0, 0.05) is 32.3 Å². The molecule has 2 saturated carbocycles. The zero-order valence-corrected chi connectivity index (χ0v) is 13.4. The van der Waals surface area contributed by atoms with E-state index in [1.54, 1.807) is 7.11 Å². The lowest BCUT2D eigenvalue weighted by atomic mass is 9.92. The van der Waals surface area contributed by atoms with Crippen LogP contribution in [0.4, 0.5) is 0 Å². The van der Waals surface area contributed by atoms with Gasteiger partial charge in [0.2, 0.25) is 5.91 Å². The molecule has 0 aromatic heterocycles. The van der Waals surface area contributed by atoms with E-state index in [0.29, 0.717) is 12.0 Å². The van der Waals surface area contributed by atoms with Crippen LogP contribution in [-0.2, 0) is 9.53 Å². The number of carbonyl (C=O) groups is 1. The summed E-state index contributed by atoms with van der Waals surface area (Å²) >= 11 is 0. The molecule has 3 rings (SSSR count). The standard InChI is InChI=1S/C17H30N2O2/c1-21-16(13-7-8-13)17(20)18-14-9-11-19(12-10-14)15-5-3-2-4-6-15/h13-16H,2-12H2,1H3,(H,18,20). The number of hydrogen-bond donors (Lipinski definition) is 1. The van der Waals surface area contributed by atoms with Gasteiger partial charge < -0.3 is 15.0 Å². The summed E-state index contributed by atoms with van der Waals surface area (Å²) in [5.74, 6) is 0.591. The fourth-order valence-corrected chi connectivity index (χ4v) is 4.05. The summed E-state index contributed by atoms with van der Waals surface area (Å²) in [6.45, 7) is 2.30. The number of rotatable bonds is 5. The Morgan fingerprint density at radius 2 is 1.71 bits per heavy atom. The molecule has 3 fully saturated rings. The van der Waals surface area contributed by atoms with Gasteiger partial charge in [0.15, 0.2) is 0 Å². The van der Waals surface area contributed by atoms with Gasteiger partial charge in [-0.05, 0) is 44.4 Å². The average Bonchev–Trinajstić information content (AvgIpc) is 3.34. The lowest BCUT2D eigenvalue weighted by molar-refractivity contribution is -0.133. The number of piperidine rings is 1. The average molecular weight is 294 g/mol. The SMILES string of the molecule is COC(C(=O)NC1CCN(C2CCCCC2)CC1)C1CC1. The van der Waals surface area contributed by atoms with E-state index in [0.717, 1.165) is 44.8 Å². The molecule has 2 aliphatic carbocycles. The molecule has 1 heterocycles. The molecule has 0 aromatic carbocycles. The lowest BCUT2D eigenvalue weighted by Crippen LogP contribution is -2.50. The van der Waals surface area contributed by atoms with Crippen molar-refractivity contribution in [1.29, 1.82) is 0 Å². The van der Waals surface area contributed by atoms with Crippen LogP contribution in [0.2, 0.25) is 0 Å². The number of likely N-dealkylation sites (tertiary alicyclic amines) is 1. The molecule has 0 aromatic rings. The Kier molecular flexibility index (Phi) is 5.17. The molecule has 3 aliphatic rings. The van der Waals surface area contributed by atoms with Gasteiger partial charge in [0.05, 0.1) is 0 Å². The van der Waals surface area contributed by atoms with E-state index in [2.05, 4.69) is 10.2 Å². The van der Waals surface area contributed by atoms with Crippen LogP contribution in [0.25, 0.3) is 0 Å². The summed E-state index contributed by atoms with van der Waals surface area (Å²) < 4.78 is 5.37. The highest BCUT2D eigenvalue weighted by Crippen LogP contribution is 2.34. The number of methoxy groups -OCH3 is 1. The molecule has 21 heavy (non-hydrogen) atoms. The number of carbonyl (C=O) groups excluding carboxylic acids is 1. The van der Waals surface area contributed by atoms with E-state index in [1.807, 2.05) is 0 Å². The molecule has 4 nitrogen and oxygen atoms in total. The van der Waals surface area contributed by atoms with Crippen molar-refractivity contribution in [2.45, 2.75) is 76.0 Å². The molecule has 1 atom stereocenters. The predicted molar refractivity (Wildman–Crippen MR) is 83.1 cm³/mol. The Bertz CT molecular complexity index is 343. The third-order valence-electron chi connectivity index (χ3n) is 5.53. The topological polar surface area (TPSA) is 41.6 Å². The number of nitrogens with zero attached hydrogens (tertiary/aromatic N) is 1. The second-order valence-corrected chi connectivity index (χ2v) is 7.10. The Morgan fingerprint density at radius 1 is 1.05 bits per heavy atom. The Balaban J connectivity index is 1.41.